The van der Waals surface area contributed by atoms with Crippen LogP contribution in [0.2, 0.25) is 0 Å². The van der Waals surface area contributed by atoms with Crippen LogP contribution in [0, 0.1) is 5.92 Å². The van der Waals surface area contributed by atoms with E-state index in [0.717, 1.165) is 25.7 Å². The molecule has 0 fully saturated rings. The standard InChI is InChI=1S/C10H18O3S2/c1-8(10(14)15)9(12)13-7-5-3-2-4-6-11/h8,11H,2-7H2,1H3,(H,14,15). The summed E-state index contributed by atoms with van der Waals surface area (Å²) in [6, 6.07) is 0. The van der Waals surface area contributed by atoms with Gasteiger partial charge in [-0.05, 0) is 26.2 Å². The first-order chi connectivity index (χ1) is 7.09. The Balaban J connectivity index is 3.43. The topological polar surface area (TPSA) is 46.5 Å². The van der Waals surface area contributed by atoms with Crippen LogP contribution in [0.1, 0.15) is 32.6 Å². The van der Waals surface area contributed by atoms with E-state index in [1.54, 1.807) is 6.92 Å². The first kappa shape index (κ1) is 14.9. The number of carbonyl (C=O) groups excluding carboxylic acids is 1. The first-order valence-corrected chi connectivity index (χ1v) is 5.95. The molecule has 0 aromatic heterocycles. The lowest BCUT2D eigenvalue weighted by Crippen LogP contribution is -2.19. The Morgan fingerprint density at radius 3 is 2.53 bits per heavy atom. The van der Waals surface area contributed by atoms with Crippen molar-refractivity contribution in [2.24, 2.45) is 5.92 Å². The summed E-state index contributed by atoms with van der Waals surface area (Å²) >= 11 is 8.69. The molecule has 0 bridgehead atoms. The number of hydrogen-bond acceptors (Lipinski definition) is 4. The number of ether oxygens (including phenoxy) is 1. The second-order valence-electron chi connectivity index (χ2n) is 3.37. The Bertz CT molecular complexity index is 207. The molecule has 3 nitrogen and oxygen atoms in total. The normalized spacial score (nSPS) is 12.2. The Hall–Kier alpha value is -0.130. The number of esters is 1. The molecule has 0 radical (unpaired) electrons. The van der Waals surface area contributed by atoms with E-state index in [2.05, 4.69) is 12.6 Å². The largest absolute Gasteiger partial charge is 0.465 e. The van der Waals surface area contributed by atoms with Crippen molar-refractivity contribution in [3.63, 3.8) is 0 Å². The van der Waals surface area contributed by atoms with E-state index in [0.29, 0.717) is 10.8 Å². The predicted octanol–water partition coefficient (Wildman–Crippen LogP) is 1.98. The van der Waals surface area contributed by atoms with Crippen molar-refractivity contribution in [2.45, 2.75) is 32.6 Å². The highest BCUT2D eigenvalue weighted by Crippen LogP contribution is 2.06. The van der Waals surface area contributed by atoms with Gasteiger partial charge in [-0.25, -0.2) is 0 Å². The average Bonchev–Trinajstić information content (AvgIpc) is 2.21. The number of thiocarbonyl (C=S) groups is 1. The zero-order chi connectivity index (χ0) is 11.7. The molecule has 0 saturated carbocycles. The molecule has 1 unspecified atom stereocenters. The zero-order valence-corrected chi connectivity index (χ0v) is 10.7. The predicted molar refractivity (Wildman–Crippen MR) is 67.3 cm³/mol. The van der Waals surface area contributed by atoms with Gasteiger partial charge in [0.15, 0.2) is 0 Å². The third-order valence-corrected chi connectivity index (χ3v) is 2.76. The van der Waals surface area contributed by atoms with Gasteiger partial charge >= 0.3 is 5.97 Å². The maximum atomic E-state index is 11.3. The van der Waals surface area contributed by atoms with Crippen molar-refractivity contribution >= 4 is 35.0 Å². The second-order valence-corrected chi connectivity index (χ2v) is 4.59. The number of carbonyl (C=O) groups is 1. The molecular weight excluding hydrogens is 232 g/mol. The van der Waals surface area contributed by atoms with Gasteiger partial charge in [-0.15, -0.1) is 12.6 Å². The van der Waals surface area contributed by atoms with Gasteiger partial charge in [0.1, 0.15) is 0 Å². The van der Waals surface area contributed by atoms with E-state index in [4.69, 9.17) is 22.1 Å². The quantitative estimate of drug-likeness (QED) is 0.299. The van der Waals surface area contributed by atoms with Crippen molar-refractivity contribution in [1.29, 1.82) is 0 Å². The number of thiol groups is 1. The number of aliphatic hydroxyl groups excluding tert-OH is 1. The SMILES string of the molecule is CC(C(=O)OCCCCCCO)C(=S)S. The van der Waals surface area contributed by atoms with Crippen LogP contribution in [0.25, 0.3) is 0 Å². The minimum Gasteiger partial charge on any atom is -0.465 e. The molecule has 0 aromatic carbocycles. The van der Waals surface area contributed by atoms with Crippen LogP contribution < -0.4 is 0 Å². The minimum atomic E-state index is -0.416. The molecule has 5 heteroatoms. The average molecular weight is 250 g/mol. The Morgan fingerprint density at radius 2 is 2.00 bits per heavy atom. The van der Waals surface area contributed by atoms with Gasteiger partial charge in [0.25, 0.3) is 0 Å². The lowest BCUT2D eigenvalue weighted by Gasteiger charge is -2.09. The van der Waals surface area contributed by atoms with Crippen molar-refractivity contribution in [3.05, 3.63) is 0 Å². The summed E-state index contributed by atoms with van der Waals surface area (Å²) in [5.41, 5.74) is 0. The number of unbranched alkanes of at least 4 members (excludes halogenated alkanes) is 3. The molecule has 0 aliphatic rings. The van der Waals surface area contributed by atoms with Gasteiger partial charge in [-0.3, -0.25) is 4.79 Å². The van der Waals surface area contributed by atoms with E-state index < -0.39 is 5.92 Å². The van der Waals surface area contributed by atoms with Gasteiger partial charge in [0, 0.05) is 6.61 Å². The van der Waals surface area contributed by atoms with E-state index in [9.17, 15) is 4.79 Å². The molecule has 88 valence electrons. The van der Waals surface area contributed by atoms with Gasteiger partial charge < -0.3 is 9.84 Å². The van der Waals surface area contributed by atoms with Crippen LogP contribution in [-0.4, -0.2) is 28.5 Å². The van der Waals surface area contributed by atoms with E-state index >= 15 is 0 Å². The van der Waals surface area contributed by atoms with Crippen LogP contribution in [0.15, 0.2) is 0 Å². The fourth-order valence-electron chi connectivity index (χ4n) is 0.966. The second kappa shape index (κ2) is 9.12. The first-order valence-electron chi connectivity index (χ1n) is 5.10. The minimum absolute atomic E-state index is 0.227. The summed E-state index contributed by atoms with van der Waals surface area (Å²) in [6.45, 7) is 2.33. The molecule has 1 atom stereocenters. The van der Waals surface area contributed by atoms with Crippen molar-refractivity contribution < 1.29 is 14.6 Å². The van der Waals surface area contributed by atoms with Crippen LogP contribution in [0.5, 0.6) is 0 Å². The highest BCUT2D eigenvalue weighted by Gasteiger charge is 2.16. The summed E-state index contributed by atoms with van der Waals surface area (Å²) in [7, 11) is 0. The molecule has 0 aromatic rings. The van der Waals surface area contributed by atoms with Crippen LogP contribution >= 0.6 is 24.8 Å². The highest BCUT2D eigenvalue weighted by atomic mass is 32.1. The molecule has 0 aliphatic carbocycles. The molecule has 15 heavy (non-hydrogen) atoms. The third kappa shape index (κ3) is 7.76. The van der Waals surface area contributed by atoms with Crippen molar-refractivity contribution in [3.8, 4) is 0 Å². The maximum Gasteiger partial charge on any atom is 0.314 e. The molecule has 0 aliphatic heterocycles. The monoisotopic (exact) mass is 250 g/mol. The Morgan fingerprint density at radius 1 is 1.40 bits per heavy atom. The maximum absolute atomic E-state index is 11.3. The molecule has 0 rings (SSSR count). The number of aliphatic hydroxyl groups is 1. The van der Waals surface area contributed by atoms with Crippen LogP contribution in [-0.2, 0) is 9.53 Å². The zero-order valence-electron chi connectivity index (χ0n) is 8.94. The molecular formula is C10H18O3S2. The van der Waals surface area contributed by atoms with Gasteiger partial charge in [-0.2, -0.15) is 0 Å². The summed E-state index contributed by atoms with van der Waals surface area (Å²) < 4.78 is 5.37. The van der Waals surface area contributed by atoms with E-state index in [1.165, 1.54) is 0 Å². The smallest absolute Gasteiger partial charge is 0.314 e. The van der Waals surface area contributed by atoms with Crippen molar-refractivity contribution in [2.75, 3.05) is 13.2 Å². The Labute approximate surface area is 102 Å². The number of hydrogen-bond donors (Lipinski definition) is 2. The molecule has 0 heterocycles. The lowest BCUT2D eigenvalue weighted by atomic mass is 10.2. The fourth-order valence-corrected chi connectivity index (χ4v) is 1.17. The van der Waals surface area contributed by atoms with Crippen LogP contribution in [0.4, 0.5) is 0 Å². The van der Waals surface area contributed by atoms with Gasteiger partial charge in [0.2, 0.25) is 0 Å². The summed E-state index contributed by atoms with van der Waals surface area (Å²) in [5.74, 6) is -0.724. The third-order valence-electron chi connectivity index (χ3n) is 2.02. The van der Waals surface area contributed by atoms with E-state index in [-0.39, 0.29) is 12.6 Å². The van der Waals surface area contributed by atoms with Gasteiger partial charge in [-0.1, -0.05) is 18.6 Å². The van der Waals surface area contributed by atoms with Crippen molar-refractivity contribution in [1.82, 2.24) is 0 Å². The lowest BCUT2D eigenvalue weighted by molar-refractivity contribution is -0.145. The van der Waals surface area contributed by atoms with Gasteiger partial charge in [0.05, 0.1) is 16.7 Å². The summed E-state index contributed by atoms with van der Waals surface area (Å²) in [6.07, 6.45) is 3.57. The molecule has 0 amide bonds. The van der Waals surface area contributed by atoms with Crippen LogP contribution in [0.3, 0.4) is 0 Å². The summed E-state index contributed by atoms with van der Waals surface area (Å²) in [4.78, 5) is 11.3. The molecule has 1 N–H and O–H groups in total. The fraction of sp³-hybridized carbons (Fsp3) is 0.800. The number of rotatable bonds is 8. The Kier molecular flexibility index (Phi) is 9.04. The summed E-state index contributed by atoms with van der Waals surface area (Å²) in [5, 5.41) is 8.54. The highest BCUT2D eigenvalue weighted by molar-refractivity contribution is 8.11. The molecule has 0 saturated heterocycles. The van der Waals surface area contributed by atoms with E-state index in [1.807, 2.05) is 0 Å². The molecule has 0 spiro atoms.